The molecule has 2 aromatic heterocycles. The Bertz CT molecular complexity index is 2110. The quantitative estimate of drug-likeness (QED) is 0.235. The summed E-state index contributed by atoms with van der Waals surface area (Å²) < 4.78 is 54.1. The average Bonchev–Trinajstić information content (AvgIpc) is 3.05. The van der Waals surface area contributed by atoms with Crippen LogP contribution < -0.4 is 35.5 Å². The van der Waals surface area contributed by atoms with Crippen LogP contribution >= 0.6 is 0 Å². The summed E-state index contributed by atoms with van der Waals surface area (Å²) in [5, 5.41) is 12.1. The number of rotatable bonds is 9. The van der Waals surface area contributed by atoms with E-state index in [-0.39, 0.29) is 54.9 Å². The van der Waals surface area contributed by atoms with Crippen molar-refractivity contribution < 1.29 is 37.6 Å². The van der Waals surface area contributed by atoms with Crippen LogP contribution in [0.5, 0.6) is 28.7 Å². The monoisotopic (exact) mass is 646 g/mol. The van der Waals surface area contributed by atoms with E-state index in [4.69, 9.17) is 18.9 Å². The summed E-state index contributed by atoms with van der Waals surface area (Å²) in [4.78, 5) is 44.1. The van der Waals surface area contributed by atoms with Crippen molar-refractivity contribution in [1.82, 2.24) is 14.1 Å². The number of fused-ring (bicyclic) bond motifs is 3. The highest BCUT2D eigenvalue weighted by molar-refractivity contribution is 6.04. The average molecular weight is 647 g/mol. The summed E-state index contributed by atoms with van der Waals surface area (Å²) in [6.07, 6.45) is 2.60. The highest BCUT2D eigenvalue weighted by Gasteiger charge is 2.25. The Labute approximate surface area is 265 Å². The second-order valence-electron chi connectivity index (χ2n) is 10.6. The molecule has 1 amide bonds. The van der Waals surface area contributed by atoms with Crippen molar-refractivity contribution in [2.45, 2.75) is 19.9 Å². The Hall–Kier alpha value is -5.76. The second kappa shape index (κ2) is 12.9. The number of pyridine rings is 1. The molecule has 47 heavy (non-hydrogen) atoms. The number of nitrogens with zero attached hydrogens (tertiary/aromatic N) is 3. The van der Waals surface area contributed by atoms with E-state index in [1.807, 2.05) is 0 Å². The number of carbonyl (C=O) groups is 1. The van der Waals surface area contributed by atoms with Gasteiger partial charge in [0.25, 0.3) is 11.5 Å². The van der Waals surface area contributed by atoms with Gasteiger partial charge in [0.05, 0.1) is 23.2 Å². The topological polar surface area (TPSA) is 143 Å². The molecule has 6 rings (SSSR count). The van der Waals surface area contributed by atoms with Crippen molar-refractivity contribution in [3.63, 3.8) is 0 Å². The minimum atomic E-state index is -0.930. The summed E-state index contributed by atoms with van der Waals surface area (Å²) in [5.41, 5.74) is -1.53. The number of anilines is 1. The van der Waals surface area contributed by atoms with Gasteiger partial charge in [0.1, 0.15) is 37.0 Å². The number of hydrogen-bond acceptors (Lipinski definition) is 9. The number of hydrogen-bond donors (Lipinski definition) is 2. The van der Waals surface area contributed by atoms with Crippen molar-refractivity contribution >= 4 is 22.5 Å². The lowest BCUT2D eigenvalue weighted by molar-refractivity contribution is 0.102. The number of carbonyl (C=O) groups excluding carboxylic acids is 1. The molecule has 0 radical (unpaired) electrons. The number of aromatic nitrogens is 3. The summed E-state index contributed by atoms with van der Waals surface area (Å²) in [5.74, 6) is -1.35. The molecule has 0 saturated carbocycles. The van der Waals surface area contributed by atoms with Crippen LogP contribution in [0.4, 0.5) is 14.5 Å². The number of nitrogens with one attached hydrogen (secondary N) is 1. The molecule has 0 saturated heterocycles. The van der Waals surface area contributed by atoms with E-state index in [9.17, 15) is 23.9 Å². The zero-order chi connectivity index (χ0) is 33.2. The largest absolute Gasteiger partial charge is 0.487 e. The Balaban J connectivity index is 1.30. The maximum atomic E-state index is 15.4. The third-order valence-corrected chi connectivity index (χ3v) is 7.20. The number of benzene rings is 3. The fourth-order valence-electron chi connectivity index (χ4n) is 5.02. The first kappa shape index (κ1) is 31.2. The maximum absolute atomic E-state index is 15.4. The Kier molecular flexibility index (Phi) is 8.59. The smallest absolute Gasteiger partial charge is 0.335 e. The van der Waals surface area contributed by atoms with Crippen molar-refractivity contribution in [3.8, 4) is 34.4 Å². The molecular weight excluding hydrogens is 618 g/mol. The molecule has 3 heterocycles. The van der Waals surface area contributed by atoms with E-state index >= 15 is 4.39 Å². The van der Waals surface area contributed by atoms with Crippen LogP contribution in [-0.2, 0) is 0 Å². The van der Waals surface area contributed by atoms with Crippen LogP contribution in [-0.4, -0.2) is 51.6 Å². The van der Waals surface area contributed by atoms with Gasteiger partial charge in [-0.05, 0) is 56.3 Å². The van der Waals surface area contributed by atoms with E-state index < -0.39 is 34.8 Å². The summed E-state index contributed by atoms with van der Waals surface area (Å²) in [6.45, 7) is 3.72. The molecule has 0 aliphatic carbocycles. The molecule has 12 nitrogen and oxygen atoms in total. The molecule has 242 valence electrons. The first-order valence-corrected chi connectivity index (χ1v) is 14.5. The second-order valence-corrected chi connectivity index (χ2v) is 10.6. The normalized spacial score (nSPS) is 12.3. The molecule has 0 fully saturated rings. The standard InChI is InChI=1S/C33H28F2N4O8/c1-18(2)38-17-22(32(42)39(33(38)43)21-6-3-19(34)4-7-21)31(41)37-20-5-8-25(23(35)15-20)47-26-9-10-36-24-16-27(44-12-11-40)29-30(28(24)26)46-14-13-45-29/h3-10,15-18,40H,11-14H2,1-2H3,(H,37,41). The first-order valence-electron chi connectivity index (χ1n) is 14.5. The summed E-state index contributed by atoms with van der Waals surface area (Å²) in [6, 6.07) is 11.1. The lowest BCUT2D eigenvalue weighted by atomic mass is 10.1. The fourth-order valence-corrected chi connectivity index (χ4v) is 5.02. The minimum Gasteiger partial charge on any atom is -0.487 e. The molecule has 0 bridgehead atoms. The third-order valence-electron chi connectivity index (χ3n) is 7.20. The van der Waals surface area contributed by atoms with Gasteiger partial charge in [-0.3, -0.25) is 19.1 Å². The SMILES string of the molecule is CC(C)n1cc(C(=O)Nc2ccc(Oc3ccnc4cc(OCCO)c5c(c34)OCCO5)c(F)c2)c(=O)n(-c2ccc(F)cc2)c1=O. The molecule has 0 unspecified atom stereocenters. The Morgan fingerprint density at radius 2 is 1.74 bits per heavy atom. The molecular formula is C33H28F2N4O8. The van der Waals surface area contributed by atoms with Gasteiger partial charge >= 0.3 is 5.69 Å². The Morgan fingerprint density at radius 1 is 1.00 bits per heavy atom. The lowest BCUT2D eigenvalue weighted by Gasteiger charge is -2.23. The number of ether oxygens (including phenoxy) is 4. The van der Waals surface area contributed by atoms with Crippen LogP contribution in [0.3, 0.4) is 0 Å². The predicted octanol–water partition coefficient (Wildman–Crippen LogP) is 4.59. The molecule has 2 N–H and O–H groups in total. The van der Waals surface area contributed by atoms with E-state index in [1.165, 1.54) is 41.1 Å². The van der Waals surface area contributed by atoms with Gasteiger partial charge in [-0.1, -0.05) is 0 Å². The van der Waals surface area contributed by atoms with Crippen molar-refractivity contribution in [3.05, 3.63) is 105 Å². The number of aliphatic hydroxyl groups excluding tert-OH is 1. The van der Waals surface area contributed by atoms with Gasteiger partial charge in [-0.15, -0.1) is 0 Å². The number of amides is 1. The highest BCUT2D eigenvalue weighted by Crippen LogP contribution is 2.48. The van der Waals surface area contributed by atoms with Crippen molar-refractivity contribution in [2.75, 3.05) is 31.7 Å². The third kappa shape index (κ3) is 6.10. The summed E-state index contributed by atoms with van der Waals surface area (Å²) in [7, 11) is 0. The van der Waals surface area contributed by atoms with Crippen LogP contribution in [0.1, 0.15) is 30.2 Å². The number of aliphatic hydroxyl groups is 1. The van der Waals surface area contributed by atoms with Crippen LogP contribution in [0.2, 0.25) is 0 Å². The van der Waals surface area contributed by atoms with Gasteiger partial charge in [0.2, 0.25) is 5.75 Å². The molecule has 5 aromatic rings. The first-order chi connectivity index (χ1) is 22.7. The molecule has 0 atom stereocenters. The Morgan fingerprint density at radius 3 is 2.45 bits per heavy atom. The fraction of sp³-hybridized carbons (Fsp3) is 0.212. The van der Waals surface area contributed by atoms with Gasteiger partial charge in [0, 0.05) is 36.3 Å². The van der Waals surface area contributed by atoms with Gasteiger partial charge in [0.15, 0.2) is 23.1 Å². The minimum absolute atomic E-state index is 0.00857. The van der Waals surface area contributed by atoms with Crippen LogP contribution in [0, 0.1) is 11.6 Å². The van der Waals surface area contributed by atoms with E-state index in [2.05, 4.69) is 10.3 Å². The van der Waals surface area contributed by atoms with Crippen LogP contribution in [0.25, 0.3) is 16.6 Å². The van der Waals surface area contributed by atoms with Gasteiger partial charge < -0.3 is 29.4 Å². The zero-order valence-corrected chi connectivity index (χ0v) is 25.2. The summed E-state index contributed by atoms with van der Waals surface area (Å²) >= 11 is 0. The lowest BCUT2D eigenvalue weighted by Crippen LogP contribution is -2.42. The molecule has 1 aliphatic rings. The van der Waals surface area contributed by atoms with Gasteiger partial charge in [-0.25, -0.2) is 18.1 Å². The van der Waals surface area contributed by atoms with E-state index in [0.717, 1.165) is 29.0 Å². The van der Waals surface area contributed by atoms with Crippen molar-refractivity contribution in [1.29, 1.82) is 0 Å². The zero-order valence-electron chi connectivity index (χ0n) is 25.2. The predicted molar refractivity (Wildman–Crippen MR) is 166 cm³/mol. The number of halogens is 2. The van der Waals surface area contributed by atoms with E-state index in [1.54, 1.807) is 19.9 Å². The molecule has 14 heteroatoms. The van der Waals surface area contributed by atoms with E-state index in [0.29, 0.717) is 28.2 Å². The molecule has 0 spiro atoms. The molecule has 1 aliphatic heterocycles. The van der Waals surface area contributed by atoms with Crippen LogP contribution in [0.15, 0.2) is 76.6 Å². The molecule has 3 aromatic carbocycles. The highest BCUT2D eigenvalue weighted by atomic mass is 19.1. The maximum Gasteiger partial charge on any atom is 0.335 e. The van der Waals surface area contributed by atoms with Gasteiger partial charge in [-0.2, -0.15) is 0 Å². The van der Waals surface area contributed by atoms with Crippen molar-refractivity contribution in [2.24, 2.45) is 0 Å².